The molecule has 9 nitrogen and oxygen atoms in total. The van der Waals surface area contributed by atoms with Crippen LogP contribution < -0.4 is 0 Å². The molecule has 264 valence electrons. The molecule has 4 rings (SSSR count). The highest BCUT2D eigenvalue weighted by Gasteiger charge is 2.45. The van der Waals surface area contributed by atoms with Crippen molar-refractivity contribution in [2.24, 2.45) is 0 Å². The van der Waals surface area contributed by atoms with Crippen molar-refractivity contribution < 1.29 is 38.0 Å². The van der Waals surface area contributed by atoms with Gasteiger partial charge < -0.3 is 28.4 Å². The van der Waals surface area contributed by atoms with Gasteiger partial charge in [0.1, 0.15) is 23.5 Å². The minimum atomic E-state index is -0.881. The summed E-state index contributed by atoms with van der Waals surface area (Å²) in [7, 11) is 0. The summed E-state index contributed by atoms with van der Waals surface area (Å²) >= 11 is 0. The Morgan fingerprint density at radius 1 is 0.878 bits per heavy atom. The average molecular weight is 674 g/mol. The predicted octanol–water partition coefficient (Wildman–Crippen LogP) is 7.62. The van der Waals surface area contributed by atoms with Gasteiger partial charge in [-0.2, -0.15) is 0 Å². The SMILES string of the molecule is C=C[C@@H](OCc1ccccc1)[C@@H](OCc1ccccc1)[C@@H](COCc1ccccc1)OC(=O)CC[C@H]1COC(C)(C)N1C(=O)OC(C)(C)C. The normalized spacial score (nSPS) is 17.6. The minimum absolute atomic E-state index is 0.0353. The molecule has 1 heterocycles. The Bertz CT molecular complexity index is 1440. The topological polar surface area (TPSA) is 92.8 Å². The molecular formula is C40H51NO8. The Morgan fingerprint density at radius 3 is 1.94 bits per heavy atom. The number of hydrogen-bond acceptors (Lipinski definition) is 8. The van der Waals surface area contributed by atoms with Crippen LogP contribution in [0.1, 0.15) is 64.2 Å². The third-order valence-corrected chi connectivity index (χ3v) is 8.02. The van der Waals surface area contributed by atoms with Gasteiger partial charge in [0.05, 0.1) is 39.1 Å². The molecule has 4 atom stereocenters. The molecule has 0 radical (unpaired) electrons. The Balaban J connectivity index is 1.51. The van der Waals surface area contributed by atoms with Gasteiger partial charge in [-0.3, -0.25) is 9.69 Å². The Morgan fingerprint density at radius 2 is 1.41 bits per heavy atom. The van der Waals surface area contributed by atoms with E-state index in [1.54, 1.807) is 11.0 Å². The molecule has 0 spiro atoms. The number of rotatable bonds is 17. The van der Waals surface area contributed by atoms with E-state index in [2.05, 4.69) is 6.58 Å². The van der Waals surface area contributed by atoms with Crippen LogP contribution in [-0.2, 0) is 53.0 Å². The van der Waals surface area contributed by atoms with Gasteiger partial charge in [0, 0.05) is 6.42 Å². The van der Waals surface area contributed by atoms with E-state index in [4.69, 9.17) is 28.4 Å². The zero-order chi connectivity index (χ0) is 35.3. The molecule has 1 saturated heterocycles. The summed E-state index contributed by atoms with van der Waals surface area (Å²) in [5, 5.41) is 0. The number of ether oxygens (including phenoxy) is 6. The van der Waals surface area contributed by atoms with Gasteiger partial charge >= 0.3 is 12.1 Å². The van der Waals surface area contributed by atoms with Crippen LogP contribution in [0.5, 0.6) is 0 Å². The van der Waals surface area contributed by atoms with Crippen LogP contribution in [0.2, 0.25) is 0 Å². The first-order valence-corrected chi connectivity index (χ1v) is 16.9. The first-order chi connectivity index (χ1) is 23.4. The zero-order valence-electron chi connectivity index (χ0n) is 29.4. The molecule has 0 bridgehead atoms. The van der Waals surface area contributed by atoms with Crippen molar-refractivity contribution in [3.05, 3.63) is 120 Å². The van der Waals surface area contributed by atoms with Crippen molar-refractivity contribution in [1.29, 1.82) is 0 Å². The van der Waals surface area contributed by atoms with E-state index in [1.807, 2.05) is 126 Å². The predicted molar refractivity (Wildman–Crippen MR) is 187 cm³/mol. The van der Waals surface area contributed by atoms with Gasteiger partial charge in [-0.25, -0.2) is 4.79 Å². The lowest BCUT2D eigenvalue weighted by Crippen LogP contribution is -2.50. The molecule has 1 aliphatic heterocycles. The van der Waals surface area contributed by atoms with Crippen molar-refractivity contribution in [2.75, 3.05) is 13.2 Å². The highest BCUT2D eigenvalue weighted by Crippen LogP contribution is 2.31. The maximum absolute atomic E-state index is 13.6. The lowest BCUT2D eigenvalue weighted by molar-refractivity contribution is -0.177. The molecular weight excluding hydrogens is 622 g/mol. The van der Waals surface area contributed by atoms with E-state index >= 15 is 0 Å². The number of carbonyl (C=O) groups is 2. The molecule has 3 aromatic rings. The highest BCUT2D eigenvalue weighted by molar-refractivity contribution is 5.71. The summed E-state index contributed by atoms with van der Waals surface area (Å²) in [5.41, 5.74) is 1.38. The highest BCUT2D eigenvalue weighted by atomic mass is 16.6. The van der Waals surface area contributed by atoms with Gasteiger partial charge in [0.25, 0.3) is 0 Å². The second kappa shape index (κ2) is 18.1. The van der Waals surface area contributed by atoms with Crippen LogP contribution in [0.4, 0.5) is 4.79 Å². The number of nitrogens with zero attached hydrogens (tertiary/aromatic N) is 1. The molecule has 3 aromatic carbocycles. The molecule has 0 N–H and O–H groups in total. The summed E-state index contributed by atoms with van der Waals surface area (Å²) in [5.74, 6) is -0.457. The molecule has 9 heteroatoms. The van der Waals surface area contributed by atoms with E-state index < -0.39 is 41.7 Å². The summed E-state index contributed by atoms with van der Waals surface area (Å²) in [4.78, 5) is 28.3. The zero-order valence-corrected chi connectivity index (χ0v) is 29.4. The summed E-state index contributed by atoms with van der Waals surface area (Å²) < 4.78 is 36.7. The first-order valence-electron chi connectivity index (χ1n) is 16.9. The van der Waals surface area contributed by atoms with Crippen molar-refractivity contribution in [1.82, 2.24) is 4.90 Å². The number of esters is 1. The van der Waals surface area contributed by atoms with Gasteiger partial charge in [-0.05, 0) is 57.7 Å². The van der Waals surface area contributed by atoms with Crippen LogP contribution >= 0.6 is 0 Å². The van der Waals surface area contributed by atoms with E-state index in [0.29, 0.717) is 19.6 Å². The third kappa shape index (κ3) is 12.1. The quantitative estimate of drug-likeness (QED) is 0.107. The largest absolute Gasteiger partial charge is 0.457 e. The Labute approximate surface area is 291 Å². The molecule has 1 aliphatic rings. The van der Waals surface area contributed by atoms with E-state index in [1.165, 1.54) is 0 Å². The van der Waals surface area contributed by atoms with Gasteiger partial charge in [0.2, 0.25) is 0 Å². The third-order valence-electron chi connectivity index (χ3n) is 8.02. The molecule has 0 unspecified atom stereocenters. The van der Waals surface area contributed by atoms with E-state index in [-0.39, 0.29) is 32.3 Å². The average Bonchev–Trinajstić information content (AvgIpc) is 3.39. The molecule has 0 saturated carbocycles. The van der Waals surface area contributed by atoms with E-state index in [0.717, 1.165) is 16.7 Å². The summed E-state index contributed by atoms with van der Waals surface area (Å²) in [6.07, 6.45) is -0.663. The standard InChI is InChI=1S/C40H51NO8/c1-7-34(45-26-31-19-13-9-14-20-31)37(46-27-32-21-15-10-16-22-32)35(29-44-25-30-17-11-8-12-18-30)48-36(42)24-23-33-28-47-40(5,6)41(33)38(43)49-39(2,3)4/h7-22,33-35,37H,1,23-29H2,2-6H3/t33-,34+,35+,37+/m0/s1. The van der Waals surface area contributed by atoms with Crippen molar-refractivity contribution in [3.8, 4) is 0 Å². The van der Waals surface area contributed by atoms with Crippen LogP contribution in [0.15, 0.2) is 104 Å². The second-order valence-corrected chi connectivity index (χ2v) is 13.6. The molecule has 0 aliphatic carbocycles. The molecule has 49 heavy (non-hydrogen) atoms. The first kappa shape index (κ1) is 37.8. The van der Waals surface area contributed by atoms with Crippen LogP contribution in [0.25, 0.3) is 0 Å². The maximum Gasteiger partial charge on any atom is 0.412 e. The monoisotopic (exact) mass is 673 g/mol. The fraction of sp³-hybridized carbons (Fsp3) is 0.450. The fourth-order valence-electron chi connectivity index (χ4n) is 5.60. The summed E-state index contributed by atoms with van der Waals surface area (Å²) in [6, 6.07) is 29.0. The smallest absolute Gasteiger partial charge is 0.412 e. The van der Waals surface area contributed by atoms with Crippen molar-refractivity contribution in [3.63, 3.8) is 0 Å². The number of amides is 1. The van der Waals surface area contributed by atoms with Gasteiger partial charge in [-0.1, -0.05) is 97.1 Å². The van der Waals surface area contributed by atoms with Crippen LogP contribution in [-0.4, -0.2) is 65.9 Å². The van der Waals surface area contributed by atoms with E-state index in [9.17, 15) is 9.59 Å². The lowest BCUT2D eigenvalue weighted by atomic mass is 10.1. The lowest BCUT2D eigenvalue weighted by Gasteiger charge is -2.35. The fourth-order valence-corrected chi connectivity index (χ4v) is 5.60. The van der Waals surface area contributed by atoms with Crippen molar-refractivity contribution in [2.45, 2.75) is 103 Å². The molecule has 1 amide bonds. The number of hydrogen-bond donors (Lipinski definition) is 0. The number of carbonyl (C=O) groups excluding carboxylic acids is 2. The summed E-state index contributed by atoms with van der Waals surface area (Å²) in [6.45, 7) is 14.4. The molecule has 1 fully saturated rings. The second-order valence-electron chi connectivity index (χ2n) is 13.6. The van der Waals surface area contributed by atoms with Gasteiger partial charge in [-0.15, -0.1) is 6.58 Å². The Hall–Kier alpha value is -4.02. The van der Waals surface area contributed by atoms with Gasteiger partial charge in [0.15, 0.2) is 6.10 Å². The molecule has 0 aromatic heterocycles. The number of benzene rings is 3. The van der Waals surface area contributed by atoms with Crippen molar-refractivity contribution >= 4 is 12.1 Å². The Kier molecular flexibility index (Phi) is 14.0. The minimum Gasteiger partial charge on any atom is -0.457 e. The van der Waals surface area contributed by atoms with Crippen LogP contribution in [0, 0.1) is 0 Å². The van der Waals surface area contributed by atoms with Crippen LogP contribution in [0.3, 0.4) is 0 Å². The maximum atomic E-state index is 13.6.